The van der Waals surface area contributed by atoms with Crippen LogP contribution in [0.4, 0.5) is 25.2 Å². The molecule has 2 aromatic heterocycles. The average molecular weight is 475 g/mol. The Kier molecular flexibility index (Phi) is 8.11. The number of ether oxygens (including phenoxy) is 2. The Morgan fingerprint density at radius 3 is 2.74 bits per heavy atom. The van der Waals surface area contributed by atoms with Gasteiger partial charge in [0.1, 0.15) is 12.3 Å². The molecule has 1 aromatic carbocycles. The molecule has 0 fully saturated rings. The van der Waals surface area contributed by atoms with E-state index in [1.165, 1.54) is 19.4 Å². The van der Waals surface area contributed by atoms with E-state index in [-0.39, 0.29) is 18.2 Å². The van der Waals surface area contributed by atoms with Crippen molar-refractivity contribution in [3.63, 3.8) is 0 Å². The number of hydrogen-bond acceptors (Lipinski definition) is 7. The zero-order chi connectivity index (χ0) is 24.7. The molecule has 3 aromatic rings. The lowest BCUT2D eigenvalue weighted by molar-refractivity contribution is 0.0919. The molecule has 0 saturated carbocycles. The second kappa shape index (κ2) is 11.0. The summed E-state index contributed by atoms with van der Waals surface area (Å²) in [6.07, 6.45) is 1.68. The molecule has 3 rings (SSSR count). The molecule has 11 heteroatoms. The van der Waals surface area contributed by atoms with E-state index in [4.69, 9.17) is 9.47 Å². The zero-order valence-corrected chi connectivity index (χ0v) is 19.5. The first kappa shape index (κ1) is 25.0. The van der Waals surface area contributed by atoms with Crippen LogP contribution in [0.3, 0.4) is 0 Å². The third-order valence-corrected chi connectivity index (χ3v) is 4.72. The molecule has 0 saturated heterocycles. The van der Waals surface area contributed by atoms with Gasteiger partial charge in [0, 0.05) is 30.8 Å². The third kappa shape index (κ3) is 7.20. The van der Waals surface area contributed by atoms with E-state index < -0.39 is 18.1 Å². The molecular formula is C23H28F2N6O3. The summed E-state index contributed by atoms with van der Waals surface area (Å²) in [5.41, 5.74) is 2.40. The summed E-state index contributed by atoms with van der Waals surface area (Å²) in [6, 6.07) is 6.90. The van der Waals surface area contributed by atoms with Crippen LogP contribution in [0.5, 0.6) is 0 Å². The van der Waals surface area contributed by atoms with E-state index in [0.29, 0.717) is 18.8 Å². The van der Waals surface area contributed by atoms with Crippen molar-refractivity contribution in [2.24, 2.45) is 0 Å². The van der Waals surface area contributed by atoms with Gasteiger partial charge < -0.3 is 20.1 Å². The highest BCUT2D eigenvalue weighted by Gasteiger charge is 2.22. The highest BCUT2D eigenvalue weighted by molar-refractivity contribution is 5.70. The lowest BCUT2D eigenvalue weighted by Gasteiger charge is -2.25. The van der Waals surface area contributed by atoms with Crippen LogP contribution in [-0.2, 0) is 16.0 Å². The molecule has 9 nitrogen and oxygen atoms in total. The van der Waals surface area contributed by atoms with Crippen molar-refractivity contribution in [1.82, 2.24) is 25.1 Å². The second-order valence-electron chi connectivity index (χ2n) is 8.38. The van der Waals surface area contributed by atoms with Crippen LogP contribution in [0.15, 0.2) is 42.9 Å². The number of methoxy groups -OCH3 is 1. The van der Waals surface area contributed by atoms with Gasteiger partial charge >= 0.3 is 6.09 Å². The fraction of sp³-hybridized carbons (Fsp3) is 0.391. The summed E-state index contributed by atoms with van der Waals surface area (Å²) >= 11 is 0. The Balaban J connectivity index is 1.70. The van der Waals surface area contributed by atoms with Crippen molar-refractivity contribution in [2.45, 2.75) is 39.3 Å². The standard InChI is InChI=1S/C23H28F2N6O3/c1-15-9-16(11-18(10-15)28-21-26-6-5-19(29-21)20(24)25)17-12-27-31(13-17)14-23(2,3)30-22(32)34-8-7-33-4/h5-6,9-13,20H,7-8,14H2,1-4H3,(H,30,32)(H,26,28,29). The normalized spacial score (nSPS) is 11.5. The molecule has 2 N–H and O–H groups in total. The number of aromatic nitrogens is 4. The maximum Gasteiger partial charge on any atom is 0.407 e. The lowest BCUT2D eigenvalue weighted by Crippen LogP contribution is -2.47. The predicted octanol–water partition coefficient (Wildman–Crippen LogP) is 4.48. The number of carbonyl (C=O) groups is 1. The Labute approximate surface area is 196 Å². The quantitative estimate of drug-likeness (QED) is 0.418. The van der Waals surface area contributed by atoms with Crippen molar-refractivity contribution in [1.29, 1.82) is 0 Å². The van der Waals surface area contributed by atoms with Crippen molar-refractivity contribution in [2.75, 3.05) is 25.6 Å². The van der Waals surface area contributed by atoms with Crippen molar-refractivity contribution < 1.29 is 23.0 Å². The molecule has 182 valence electrons. The first-order valence-corrected chi connectivity index (χ1v) is 10.6. The van der Waals surface area contributed by atoms with Gasteiger partial charge in [0.15, 0.2) is 0 Å². The number of nitrogens with one attached hydrogen (secondary N) is 2. The number of anilines is 2. The summed E-state index contributed by atoms with van der Waals surface area (Å²) in [6.45, 7) is 6.58. The van der Waals surface area contributed by atoms with Gasteiger partial charge in [-0.05, 0) is 50.1 Å². The number of aryl methyl sites for hydroxylation is 1. The number of benzene rings is 1. The van der Waals surface area contributed by atoms with Crippen LogP contribution in [-0.4, -0.2) is 51.7 Å². The van der Waals surface area contributed by atoms with Gasteiger partial charge in [0.2, 0.25) is 5.95 Å². The lowest BCUT2D eigenvalue weighted by atomic mass is 10.1. The molecule has 0 bridgehead atoms. The molecule has 0 aliphatic carbocycles. The largest absolute Gasteiger partial charge is 0.447 e. The van der Waals surface area contributed by atoms with Gasteiger partial charge in [0.05, 0.1) is 24.9 Å². The minimum atomic E-state index is -2.67. The molecule has 0 spiro atoms. The molecule has 34 heavy (non-hydrogen) atoms. The van der Waals surface area contributed by atoms with Crippen LogP contribution < -0.4 is 10.6 Å². The van der Waals surface area contributed by atoms with Gasteiger partial charge in [-0.1, -0.05) is 6.07 Å². The third-order valence-electron chi connectivity index (χ3n) is 4.72. The van der Waals surface area contributed by atoms with E-state index in [2.05, 4.69) is 25.7 Å². The van der Waals surface area contributed by atoms with Gasteiger partial charge in [-0.25, -0.2) is 23.5 Å². The Morgan fingerprint density at radius 1 is 1.21 bits per heavy atom. The van der Waals surface area contributed by atoms with Gasteiger partial charge in [0.25, 0.3) is 6.43 Å². The summed E-state index contributed by atoms with van der Waals surface area (Å²) in [4.78, 5) is 19.8. The fourth-order valence-corrected chi connectivity index (χ4v) is 3.28. The fourth-order valence-electron chi connectivity index (χ4n) is 3.28. The molecule has 1 amide bonds. The minimum Gasteiger partial charge on any atom is -0.447 e. The Bertz CT molecular complexity index is 1120. The van der Waals surface area contributed by atoms with Gasteiger partial charge in [-0.3, -0.25) is 4.68 Å². The van der Waals surface area contributed by atoms with Gasteiger partial charge in [-0.15, -0.1) is 0 Å². The number of hydrogen-bond donors (Lipinski definition) is 2. The summed E-state index contributed by atoms with van der Waals surface area (Å²) in [7, 11) is 1.53. The van der Waals surface area contributed by atoms with Crippen LogP contribution >= 0.6 is 0 Å². The van der Waals surface area contributed by atoms with Crippen LogP contribution in [0.2, 0.25) is 0 Å². The van der Waals surface area contributed by atoms with Crippen LogP contribution in [0.1, 0.15) is 31.5 Å². The number of carbonyl (C=O) groups excluding carboxylic acids is 1. The minimum absolute atomic E-state index is 0.0928. The van der Waals surface area contributed by atoms with Crippen LogP contribution in [0, 0.1) is 6.92 Å². The maximum absolute atomic E-state index is 12.9. The number of alkyl carbamates (subject to hydrolysis) is 1. The summed E-state index contributed by atoms with van der Waals surface area (Å²) in [5.74, 6) is 0.0928. The van der Waals surface area contributed by atoms with Crippen molar-refractivity contribution in [3.05, 3.63) is 54.1 Å². The number of halogens is 2. The molecule has 0 aliphatic rings. The van der Waals surface area contributed by atoms with Crippen molar-refractivity contribution >= 4 is 17.7 Å². The molecular weight excluding hydrogens is 446 g/mol. The second-order valence-corrected chi connectivity index (χ2v) is 8.38. The van der Waals surface area contributed by atoms with Gasteiger partial charge in [-0.2, -0.15) is 5.10 Å². The predicted molar refractivity (Wildman–Crippen MR) is 123 cm³/mol. The van der Waals surface area contributed by atoms with E-state index >= 15 is 0 Å². The highest BCUT2D eigenvalue weighted by Crippen LogP contribution is 2.26. The molecule has 0 radical (unpaired) electrons. The Hall–Kier alpha value is -3.60. The number of rotatable bonds is 10. The topological polar surface area (TPSA) is 103 Å². The Morgan fingerprint density at radius 2 is 2.00 bits per heavy atom. The molecule has 2 heterocycles. The number of nitrogens with zero attached hydrogens (tertiary/aromatic N) is 4. The summed E-state index contributed by atoms with van der Waals surface area (Å²) in [5, 5.41) is 10.2. The SMILES string of the molecule is COCCOC(=O)NC(C)(C)Cn1cc(-c2cc(C)cc(Nc3nccc(C(F)F)n3)c2)cn1. The zero-order valence-electron chi connectivity index (χ0n) is 19.5. The number of amides is 1. The molecule has 0 aliphatic heterocycles. The van der Waals surface area contributed by atoms with E-state index in [0.717, 1.165) is 16.7 Å². The van der Waals surface area contributed by atoms with E-state index in [9.17, 15) is 13.6 Å². The van der Waals surface area contributed by atoms with E-state index in [1.807, 2.05) is 45.2 Å². The molecule has 0 atom stereocenters. The first-order valence-electron chi connectivity index (χ1n) is 10.6. The first-order chi connectivity index (χ1) is 16.1. The smallest absolute Gasteiger partial charge is 0.407 e. The maximum atomic E-state index is 12.9. The van der Waals surface area contributed by atoms with Crippen LogP contribution in [0.25, 0.3) is 11.1 Å². The molecule has 0 unspecified atom stereocenters. The van der Waals surface area contributed by atoms with Crippen molar-refractivity contribution in [3.8, 4) is 11.1 Å². The number of alkyl halides is 2. The highest BCUT2D eigenvalue weighted by atomic mass is 19.3. The summed E-state index contributed by atoms with van der Waals surface area (Å²) < 4.78 is 37.5. The monoisotopic (exact) mass is 474 g/mol. The van der Waals surface area contributed by atoms with E-state index in [1.54, 1.807) is 10.9 Å². The average Bonchev–Trinajstić information content (AvgIpc) is 3.21.